The molecule has 268 valence electrons. The number of phenolic OH excluding ortho intramolecular Hbond substituents is 2. The molecular formula is C40H57N3O5S. The normalized spacial score (nSPS) is 16.0. The van der Waals surface area contributed by atoms with Crippen LogP contribution in [0.3, 0.4) is 0 Å². The molecule has 0 bridgehead atoms. The highest BCUT2D eigenvalue weighted by atomic mass is 32.2. The summed E-state index contributed by atoms with van der Waals surface area (Å²) in [7, 11) is 0. The quantitative estimate of drug-likeness (QED) is 0.0701. The van der Waals surface area contributed by atoms with E-state index in [0.29, 0.717) is 40.0 Å². The van der Waals surface area contributed by atoms with Crippen LogP contribution in [0, 0.1) is 12.8 Å². The van der Waals surface area contributed by atoms with Gasteiger partial charge in [0.05, 0.1) is 5.69 Å². The molecule has 1 aliphatic heterocycles. The molecule has 1 saturated heterocycles. The molecule has 0 unspecified atom stereocenters. The molecular weight excluding hydrogens is 635 g/mol. The highest BCUT2D eigenvalue weighted by Gasteiger charge is 2.22. The zero-order valence-electron chi connectivity index (χ0n) is 31.0. The maximum Gasteiger partial charge on any atom is 0.200 e. The van der Waals surface area contributed by atoms with Crippen molar-refractivity contribution in [3.63, 3.8) is 0 Å². The van der Waals surface area contributed by atoms with Crippen LogP contribution in [0.5, 0.6) is 11.5 Å². The van der Waals surface area contributed by atoms with E-state index in [1.54, 1.807) is 26.8 Å². The Labute approximate surface area is 297 Å². The molecule has 0 radical (unpaired) electrons. The monoisotopic (exact) mass is 691 g/mol. The van der Waals surface area contributed by atoms with E-state index in [9.17, 15) is 19.8 Å². The Morgan fingerprint density at radius 2 is 1.67 bits per heavy atom. The van der Waals surface area contributed by atoms with Crippen LogP contribution in [0.2, 0.25) is 0 Å². The number of benzene rings is 1. The summed E-state index contributed by atoms with van der Waals surface area (Å²) in [5, 5.41) is 25.1. The zero-order chi connectivity index (χ0) is 36.7. The van der Waals surface area contributed by atoms with Crippen molar-refractivity contribution in [3.05, 3.63) is 87.1 Å². The van der Waals surface area contributed by atoms with Crippen molar-refractivity contribution in [2.45, 2.75) is 94.4 Å². The third-order valence-corrected chi connectivity index (χ3v) is 9.45. The van der Waals surface area contributed by atoms with Crippen molar-refractivity contribution in [1.29, 1.82) is 0 Å². The maximum atomic E-state index is 12.9. The van der Waals surface area contributed by atoms with E-state index in [1.165, 1.54) is 31.0 Å². The Kier molecular flexibility index (Phi) is 17.2. The number of allylic oxidation sites excluding steroid dienone is 5. The van der Waals surface area contributed by atoms with Crippen LogP contribution in [0.1, 0.15) is 104 Å². The van der Waals surface area contributed by atoms with Crippen LogP contribution in [-0.4, -0.2) is 46.3 Å². The average Bonchev–Trinajstić information content (AvgIpc) is 3.62. The van der Waals surface area contributed by atoms with Gasteiger partial charge in [-0.3, -0.25) is 9.59 Å². The molecule has 1 saturated carbocycles. The van der Waals surface area contributed by atoms with Crippen LogP contribution < -0.4 is 15.6 Å². The van der Waals surface area contributed by atoms with E-state index in [0.717, 1.165) is 55.0 Å². The molecule has 1 aliphatic carbocycles. The van der Waals surface area contributed by atoms with E-state index >= 15 is 0 Å². The van der Waals surface area contributed by atoms with Crippen molar-refractivity contribution < 1.29 is 19.4 Å². The lowest BCUT2D eigenvalue weighted by molar-refractivity contribution is -0.113. The first-order valence-electron chi connectivity index (χ1n) is 17.6. The van der Waals surface area contributed by atoms with Crippen LogP contribution in [0.4, 0.5) is 11.6 Å². The summed E-state index contributed by atoms with van der Waals surface area (Å²) in [4.78, 5) is 32.0. The minimum Gasteiger partial charge on any atom is -0.507 e. The number of nitrogens with one attached hydrogen (secondary N) is 1. The smallest absolute Gasteiger partial charge is 0.200 e. The third-order valence-electron chi connectivity index (χ3n) is 8.51. The summed E-state index contributed by atoms with van der Waals surface area (Å²) in [6.45, 7) is 22.4. The number of aromatic hydroxyl groups is 2. The molecule has 2 aliphatic rings. The number of rotatable bonds is 11. The number of aliphatic imine (C=N–C) groups is 1. The molecule has 3 N–H and O–H groups in total. The van der Waals surface area contributed by atoms with Gasteiger partial charge in [0, 0.05) is 59.1 Å². The predicted molar refractivity (Wildman–Crippen MR) is 209 cm³/mol. The van der Waals surface area contributed by atoms with Gasteiger partial charge in [-0.15, -0.1) is 0 Å². The number of thioether (sulfide) groups is 1. The molecule has 2 fully saturated rings. The molecule has 8 nitrogen and oxygen atoms in total. The number of anilines is 2. The van der Waals surface area contributed by atoms with Crippen molar-refractivity contribution in [1.82, 2.24) is 0 Å². The Morgan fingerprint density at radius 1 is 1.04 bits per heavy atom. The largest absolute Gasteiger partial charge is 0.507 e. The Balaban J connectivity index is 0.00000201. The summed E-state index contributed by atoms with van der Waals surface area (Å²) < 4.78 is 6.26. The number of carbonyl (C=O) groups excluding carboxylic acids is 1. The third kappa shape index (κ3) is 11.3. The molecule has 2 aromatic rings. The first-order valence-corrected chi connectivity index (χ1v) is 18.8. The summed E-state index contributed by atoms with van der Waals surface area (Å²) in [5.74, 6) is 3.37. The summed E-state index contributed by atoms with van der Waals surface area (Å²) in [6.07, 6.45) is 11.1. The SMILES string of the molecule is C=C(\N=C(C)/C(=C\C)/C=C(\CC1CCCC1)C(C)=O)Nc1cc(O)c(/C(=C/C)c2oc(N3CCSCC3)cc(=O)c2C)cc1O.CC.CC. The lowest BCUT2D eigenvalue weighted by Gasteiger charge is -2.27. The molecule has 1 aromatic carbocycles. The van der Waals surface area contributed by atoms with Crippen molar-refractivity contribution >= 4 is 40.4 Å². The topological polar surface area (TPSA) is 115 Å². The average molecular weight is 692 g/mol. The Morgan fingerprint density at radius 3 is 2.24 bits per heavy atom. The van der Waals surface area contributed by atoms with Gasteiger partial charge >= 0.3 is 0 Å². The number of ketones is 1. The Hall–Kier alpha value is -3.98. The fourth-order valence-corrected chi connectivity index (χ4v) is 6.81. The molecule has 4 rings (SSSR count). The summed E-state index contributed by atoms with van der Waals surface area (Å²) in [5.41, 5.74) is 3.58. The minimum atomic E-state index is -0.153. The van der Waals surface area contributed by atoms with Crippen molar-refractivity contribution in [2.75, 3.05) is 34.8 Å². The maximum absolute atomic E-state index is 12.9. The lowest BCUT2D eigenvalue weighted by atomic mass is 9.93. The van der Waals surface area contributed by atoms with Gasteiger partial charge in [0.25, 0.3) is 0 Å². The van der Waals surface area contributed by atoms with Gasteiger partial charge in [0.2, 0.25) is 0 Å². The molecule has 2 heterocycles. The summed E-state index contributed by atoms with van der Waals surface area (Å²) >= 11 is 1.86. The molecule has 0 atom stereocenters. The highest BCUT2D eigenvalue weighted by Crippen LogP contribution is 2.39. The van der Waals surface area contributed by atoms with E-state index < -0.39 is 0 Å². The standard InChI is InChI=1S/C36H45N3O5S.2C2H6/c1-7-27(18-28(24(5)40)17-26-11-9-10-12-26)23(4)37-25(6)38-31-20-33(42)30(19-34(31)43)29(8-2)36-22(3)32(41)21-35(44-36)39-13-15-45-16-14-39;2*1-2/h7-8,18-21,26,38,42-43H,6,9-17H2,1-5H3;2*1-2H3/b27-7-,28-18+,29-8-,37-23-;;. The predicted octanol–water partition coefficient (Wildman–Crippen LogP) is 9.80. The van der Waals surface area contributed by atoms with E-state index in [2.05, 4.69) is 21.8 Å². The molecule has 9 heteroatoms. The van der Waals surface area contributed by atoms with Crippen LogP contribution >= 0.6 is 11.8 Å². The van der Waals surface area contributed by atoms with E-state index in [-0.39, 0.29) is 34.2 Å². The van der Waals surface area contributed by atoms with Gasteiger partial charge in [-0.25, -0.2) is 4.99 Å². The van der Waals surface area contributed by atoms with Gasteiger partial charge in [-0.1, -0.05) is 72.1 Å². The van der Waals surface area contributed by atoms with E-state index in [1.807, 2.05) is 65.5 Å². The number of carbonyl (C=O) groups is 1. The fraction of sp³-hybridized carbons (Fsp3) is 0.475. The second-order valence-electron chi connectivity index (χ2n) is 11.7. The van der Waals surface area contributed by atoms with Crippen LogP contribution in [0.25, 0.3) is 5.57 Å². The molecule has 49 heavy (non-hydrogen) atoms. The minimum absolute atomic E-state index is 0.0683. The number of Topliss-reactive ketones (excluding diaryl/α,β-unsaturated/α-hetero) is 1. The number of hydrogen-bond acceptors (Lipinski definition) is 9. The first kappa shape index (κ1) is 41.2. The number of nitrogens with zero attached hydrogens (tertiary/aromatic N) is 2. The van der Waals surface area contributed by atoms with Gasteiger partial charge in [-0.05, 0) is 70.2 Å². The molecule has 0 spiro atoms. The van der Waals surface area contributed by atoms with Gasteiger partial charge < -0.3 is 24.8 Å². The molecule has 1 aromatic heterocycles. The van der Waals surface area contributed by atoms with Gasteiger partial charge in [0.1, 0.15) is 23.1 Å². The van der Waals surface area contributed by atoms with Crippen LogP contribution in [0.15, 0.2) is 74.2 Å². The zero-order valence-corrected chi connectivity index (χ0v) is 31.9. The van der Waals surface area contributed by atoms with Crippen molar-refractivity contribution in [2.24, 2.45) is 10.9 Å². The van der Waals surface area contributed by atoms with Gasteiger partial charge in [0.15, 0.2) is 17.1 Å². The van der Waals surface area contributed by atoms with Crippen LogP contribution in [-0.2, 0) is 4.79 Å². The Bertz CT molecular complexity index is 1620. The summed E-state index contributed by atoms with van der Waals surface area (Å²) in [6, 6.07) is 4.35. The highest BCUT2D eigenvalue weighted by molar-refractivity contribution is 7.99. The number of phenols is 2. The van der Waals surface area contributed by atoms with Gasteiger partial charge in [-0.2, -0.15) is 11.8 Å². The van der Waals surface area contributed by atoms with Crippen molar-refractivity contribution in [3.8, 4) is 11.5 Å². The van der Waals surface area contributed by atoms with E-state index in [4.69, 9.17) is 4.42 Å². The number of hydrogen-bond donors (Lipinski definition) is 3. The second-order valence-corrected chi connectivity index (χ2v) is 12.9. The molecule has 0 amide bonds. The first-order chi connectivity index (χ1) is 23.5. The lowest BCUT2D eigenvalue weighted by Crippen LogP contribution is -2.33. The fourth-order valence-electron chi connectivity index (χ4n) is 5.91. The second kappa shape index (κ2) is 20.5.